The second kappa shape index (κ2) is 4.84. The summed E-state index contributed by atoms with van der Waals surface area (Å²) in [6, 6.07) is 3.04. The summed E-state index contributed by atoms with van der Waals surface area (Å²) in [6.45, 7) is 10.2. The van der Waals surface area contributed by atoms with Gasteiger partial charge in [-0.2, -0.15) is 0 Å². The fourth-order valence-corrected chi connectivity index (χ4v) is 3.80. The van der Waals surface area contributed by atoms with Crippen LogP contribution >= 0.6 is 0 Å². The van der Waals surface area contributed by atoms with Crippen molar-refractivity contribution in [2.45, 2.75) is 65.1 Å². The van der Waals surface area contributed by atoms with Crippen molar-refractivity contribution < 1.29 is 0 Å². The van der Waals surface area contributed by atoms with Gasteiger partial charge in [0.15, 0.2) is 0 Å². The average molecular weight is 283 g/mol. The van der Waals surface area contributed by atoms with Gasteiger partial charge in [-0.3, -0.25) is 4.90 Å². The molecule has 2 aliphatic rings. The minimum atomic E-state index is 0.620. The largest absolute Gasteiger partial charge is 0.327 e. The van der Waals surface area contributed by atoms with E-state index in [1.165, 1.54) is 47.1 Å². The van der Waals surface area contributed by atoms with Gasteiger partial charge in [-0.15, -0.1) is 0 Å². The van der Waals surface area contributed by atoms with Gasteiger partial charge in [0.05, 0.1) is 0 Å². The lowest BCUT2D eigenvalue weighted by Gasteiger charge is -2.32. The Morgan fingerprint density at radius 2 is 2.05 bits per heavy atom. The Labute approximate surface area is 127 Å². The maximum atomic E-state index is 4.83. The highest BCUT2D eigenvalue weighted by atomic mass is 15.2. The summed E-state index contributed by atoms with van der Waals surface area (Å²) in [7, 11) is 0. The van der Waals surface area contributed by atoms with Crippen molar-refractivity contribution >= 4 is 11.0 Å². The predicted molar refractivity (Wildman–Crippen MR) is 86.6 cm³/mol. The quantitative estimate of drug-likeness (QED) is 0.835. The molecule has 0 N–H and O–H groups in total. The van der Waals surface area contributed by atoms with E-state index >= 15 is 0 Å². The Hall–Kier alpha value is -1.35. The van der Waals surface area contributed by atoms with E-state index < -0.39 is 0 Å². The van der Waals surface area contributed by atoms with Crippen LogP contribution in [-0.2, 0) is 13.1 Å². The van der Waals surface area contributed by atoms with Crippen LogP contribution in [0, 0.1) is 6.92 Å². The van der Waals surface area contributed by atoms with Crippen molar-refractivity contribution in [2.24, 2.45) is 0 Å². The van der Waals surface area contributed by atoms with Crippen LogP contribution in [0.15, 0.2) is 12.3 Å². The summed E-state index contributed by atoms with van der Waals surface area (Å²) in [4.78, 5) is 7.40. The first-order chi connectivity index (χ1) is 10.1. The van der Waals surface area contributed by atoms with Crippen LogP contribution in [0.5, 0.6) is 0 Å². The molecule has 0 atom stereocenters. The van der Waals surface area contributed by atoms with E-state index in [-0.39, 0.29) is 0 Å². The number of rotatable bonds is 2. The molecule has 4 rings (SSSR count). The fourth-order valence-electron chi connectivity index (χ4n) is 3.80. The van der Waals surface area contributed by atoms with Gasteiger partial charge in [-0.1, -0.05) is 6.42 Å². The maximum Gasteiger partial charge on any atom is 0.140 e. The standard InChI is InChI=1S/C18H25N3/c1-12(2)20-7-8-21-17(11-20)13(3)16-9-15(10-19-18(16)21)14-5-4-6-14/h9-10,12,14H,4-8,11H2,1-3H3. The lowest BCUT2D eigenvalue weighted by molar-refractivity contribution is 0.178. The molecule has 3 heterocycles. The summed E-state index contributed by atoms with van der Waals surface area (Å²) >= 11 is 0. The highest BCUT2D eigenvalue weighted by Crippen LogP contribution is 2.38. The average Bonchev–Trinajstić information content (AvgIpc) is 2.70. The third kappa shape index (κ3) is 2.02. The van der Waals surface area contributed by atoms with E-state index in [1.54, 1.807) is 0 Å². The first-order valence-electron chi connectivity index (χ1n) is 8.37. The zero-order chi connectivity index (χ0) is 14.6. The van der Waals surface area contributed by atoms with Gasteiger partial charge in [0.25, 0.3) is 0 Å². The Morgan fingerprint density at radius 1 is 1.24 bits per heavy atom. The Balaban J connectivity index is 1.79. The summed E-state index contributed by atoms with van der Waals surface area (Å²) in [5.41, 5.74) is 5.58. The lowest BCUT2D eigenvalue weighted by atomic mass is 9.80. The second-order valence-corrected chi connectivity index (χ2v) is 7.06. The van der Waals surface area contributed by atoms with E-state index in [4.69, 9.17) is 4.98 Å². The molecule has 0 saturated heterocycles. The zero-order valence-corrected chi connectivity index (χ0v) is 13.4. The molecule has 1 aliphatic carbocycles. The van der Waals surface area contributed by atoms with E-state index in [2.05, 4.69) is 42.5 Å². The number of hydrogen-bond acceptors (Lipinski definition) is 2. The Kier molecular flexibility index (Phi) is 3.07. The van der Waals surface area contributed by atoms with Gasteiger partial charge < -0.3 is 4.57 Å². The van der Waals surface area contributed by atoms with Crippen LogP contribution in [0.25, 0.3) is 11.0 Å². The van der Waals surface area contributed by atoms with Gasteiger partial charge >= 0.3 is 0 Å². The molecule has 0 aromatic carbocycles. The van der Waals surface area contributed by atoms with E-state index in [0.29, 0.717) is 6.04 Å². The molecule has 0 unspecified atom stereocenters. The van der Waals surface area contributed by atoms with Gasteiger partial charge in [-0.25, -0.2) is 4.98 Å². The van der Waals surface area contributed by atoms with Crippen molar-refractivity contribution in [1.82, 2.24) is 14.5 Å². The van der Waals surface area contributed by atoms with Crippen LogP contribution in [-0.4, -0.2) is 27.0 Å². The number of hydrogen-bond donors (Lipinski definition) is 0. The number of fused-ring (bicyclic) bond motifs is 3. The van der Waals surface area contributed by atoms with Crippen LogP contribution < -0.4 is 0 Å². The third-order valence-electron chi connectivity index (χ3n) is 5.58. The summed E-state index contributed by atoms with van der Waals surface area (Å²) in [6.07, 6.45) is 6.22. The van der Waals surface area contributed by atoms with E-state index in [9.17, 15) is 0 Å². The number of pyridine rings is 1. The van der Waals surface area contributed by atoms with Crippen molar-refractivity contribution in [2.75, 3.05) is 6.54 Å². The van der Waals surface area contributed by atoms with E-state index in [0.717, 1.165) is 25.6 Å². The minimum Gasteiger partial charge on any atom is -0.327 e. The molecule has 3 nitrogen and oxygen atoms in total. The molecule has 21 heavy (non-hydrogen) atoms. The highest BCUT2D eigenvalue weighted by Gasteiger charge is 2.25. The zero-order valence-electron chi connectivity index (χ0n) is 13.4. The molecule has 0 spiro atoms. The number of nitrogens with zero attached hydrogens (tertiary/aromatic N) is 3. The topological polar surface area (TPSA) is 21.1 Å². The molecule has 1 aliphatic heterocycles. The maximum absolute atomic E-state index is 4.83. The Bertz CT molecular complexity index is 679. The molecular formula is C18H25N3. The van der Waals surface area contributed by atoms with Crippen molar-refractivity contribution in [3.05, 3.63) is 29.1 Å². The van der Waals surface area contributed by atoms with Crippen molar-refractivity contribution in [3.63, 3.8) is 0 Å². The third-order valence-corrected chi connectivity index (χ3v) is 5.58. The summed E-state index contributed by atoms with van der Waals surface area (Å²) in [5, 5.41) is 1.39. The highest BCUT2D eigenvalue weighted by molar-refractivity contribution is 5.82. The van der Waals surface area contributed by atoms with Crippen LogP contribution in [0.3, 0.4) is 0 Å². The van der Waals surface area contributed by atoms with Crippen LogP contribution in [0.1, 0.15) is 55.8 Å². The first kappa shape index (κ1) is 13.3. The molecule has 0 amide bonds. The fraction of sp³-hybridized carbons (Fsp3) is 0.611. The SMILES string of the molecule is Cc1c2n(c3ncc(C4CCC4)cc13)CCN(C(C)C)C2. The predicted octanol–water partition coefficient (Wildman–Crippen LogP) is 3.84. The summed E-state index contributed by atoms with van der Waals surface area (Å²) < 4.78 is 2.45. The van der Waals surface area contributed by atoms with Crippen LogP contribution in [0.2, 0.25) is 0 Å². The monoisotopic (exact) mass is 283 g/mol. The molecule has 2 aromatic heterocycles. The second-order valence-electron chi connectivity index (χ2n) is 7.06. The molecule has 0 radical (unpaired) electrons. The first-order valence-corrected chi connectivity index (χ1v) is 8.37. The summed E-state index contributed by atoms with van der Waals surface area (Å²) in [5.74, 6) is 0.769. The molecule has 1 fully saturated rings. The molecule has 3 heteroatoms. The van der Waals surface area contributed by atoms with E-state index in [1.807, 2.05) is 0 Å². The molecule has 1 saturated carbocycles. The van der Waals surface area contributed by atoms with Gasteiger partial charge in [0.2, 0.25) is 0 Å². The van der Waals surface area contributed by atoms with Crippen molar-refractivity contribution in [3.8, 4) is 0 Å². The van der Waals surface area contributed by atoms with Gasteiger partial charge in [-0.05, 0) is 56.7 Å². The van der Waals surface area contributed by atoms with Crippen LogP contribution in [0.4, 0.5) is 0 Å². The normalized spacial score (nSPS) is 20.0. The Morgan fingerprint density at radius 3 is 2.71 bits per heavy atom. The number of aromatic nitrogens is 2. The minimum absolute atomic E-state index is 0.620. The molecule has 0 bridgehead atoms. The molecule has 112 valence electrons. The van der Waals surface area contributed by atoms with Gasteiger partial charge in [0.1, 0.15) is 5.65 Å². The number of aryl methyl sites for hydroxylation is 1. The smallest absolute Gasteiger partial charge is 0.140 e. The molecular weight excluding hydrogens is 258 g/mol. The van der Waals surface area contributed by atoms with Crippen molar-refractivity contribution in [1.29, 1.82) is 0 Å². The molecule has 2 aromatic rings. The van der Waals surface area contributed by atoms with Gasteiger partial charge in [0, 0.05) is 43.0 Å². The lowest BCUT2D eigenvalue weighted by Crippen LogP contribution is -2.38.